The van der Waals surface area contributed by atoms with Crippen LogP contribution in [0.15, 0.2) is 76.6 Å². The van der Waals surface area contributed by atoms with Crippen LogP contribution in [0.2, 0.25) is 0 Å². The van der Waals surface area contributed by atoms with Crippen molar-refractivity contribution < 1.29 is 32.5 Å². The zero-order valence-electron chi connectivity index (χ0n) is 27.1. The number of carbonyl (C=O) groups is 1. The van der Waals surface area contributed by atoms with Gasteiger partial charge in [-0.2, -0.15) is 0 Å². The maximum atomic E-state index is 15.5. The Bertz CT molecular complexity index is 2150. The molecule has 13 heteroatoms. The van der Waals surface area contributed by atoms with Crippen molar-refractivity contribution in [2.75, 3.05) is 25.1 Å². The molecule has 0 bridgehead atoms. The molecule has 11 nitrogen and oxygen atoms in total. The van der Waals surface area contributed by atoms with Gasteiger partial charge >= 0.3 is 5.69 Å². The molecule has 1 aliphatic rings. The van der Waals surface area contributed by atoms with E-state index in [9.17, 15) is 18.8 Å². The van der Waals surface area contributed by atoms with E-state index in [1.54, 1.807) is 26.0 Å². The highest BCUT2D eigenvalue weighted by Gasteiger charge is 2.25. The van der Waals surface area contributed by atoms with Crippen LogP contribution >= 0.6 is 0 Å². The molecule has 0 saturated heterocycles. The Morgan fingerprint density at radius 3 is 2.43 bits per heavy atom. The van der Waals surface area contributed by atoms with Crippen LogP contribution in [-0.2, 0) is 0 Å². The third-order valence-electron chi connectivity index (χ3n) is 7.86. The summed E-state index contributed by atoms with van der Waals surface area (Å²) in [7, 11) is 0. The number of fused-ring (bicyclic) bond motifs is 3. The number of hydrogen-bond acceptors (Lipinski definition) is 8. The molecule has 0 atom stereocenters. The van der Waals surface area contributed by atoms with E-state index in [1.807, 2.05) is 0 Å². The van der Waals surface area contributed by atoms with Gasteiger partial charge in [-0.15, -0.1) is 0 Å². The summed E-state index contributed by atoms with van der Waals surface area (Å²) in [6.07, 6.45) is 5.65. The van der Waals surface area contributed by atoms with Crippen molar-refractivity contribution in [3.8, 4) is 34.4 Å². The zero-order valence-corrected chi connectivity index (χ0v) is 27.1. The highest BCUT2D eigenvalue weighted by Crippen LogP contribution is 2.48. The molecular formula is C36H34F2N4O7. The number of carbonyl (C=O) groups excluding carboxylic acids is 1. The Kier molecular flexibility index (Phi) is 9.61. The summed E-state index contributed by atoms with van der Waals surface area (Å²) in [6, 6.07) is 11.4. The lowest BCUT2D eigenvalue weighted by Crippen LogP contribution is -2.42. The molecule has 1 aliphatic heterocycles. The quantitative estimate of drug-likeness (QED) is 0.152. The van der Waals surface area contributed by atoms with Gasteiger partial charge in [0.2, 0.25) is 5.75 Å². The second-order valence-corrected chi connectivity index (χ2v) is 11.6. The van der Waals surface area contributed by atoms with Gasteiger partial charge in [0.15, 0.2) is 23.1 Å². The Balaban J connectivity index is 1.28. The van der Waals surface area contributed by atoms with Gasteiger partial charge in [0.1, 0.15) is 30.3 Å². The van der Waals surface area contributed by atoms with Gasteiger partial charge in [-0.3, -0.25) is 19.1 Å². The molecule has 1 N–H and O–H groups in total. The number of benzene rings is 3. The minimum absolute atomic E-state index is 0.0310. The van der Waals surface area contributed by atoms with Gasteiger partial charge < -0.3 is 24.3 Å². The van der Waals surface area contributed by atoms with Crippen LogP contribution in [-0.4, -0.2) is 39.8 Å². The van der Waals surface area contributed by atoms with Crippen molar-refractivity contribution in [2.45, 2.75) is 46.1 Å². The summed E-state index contributed by atoms with van der Waals surface area (Å²) in [5.74, 6) is -0.812. The maximum absolute atomic E-state index is 15.5. The van der Waals surface area contributed by atoms with Gasteiger partial charge in [0, 0.05) is 36.3 Å². The Morgan fingerprint density at radius 1 is 0.959 bits per heavy atom. The number of unbranched alkanes of at least 4 members (excludes halogenated alkanes) is 2. The molecule has 0 aliphatic carbocycles. The molecule has 49 heavy (non-hydrogen) atoms. The van der Waals surface area contributed by atoms with Gasteiger partial charge in [0.25, 0.3) is 11.5 Å². The second kappa shape index (κ2) is 14.2. The molecule has 0 fully saturated rings. The van der Waals surface area contributed by atoms with E-state index in [0.717, 1.165) is 48.2 Å². The predicted octanol–water partition coefficient (Wildman–Crippen LogP) is 6.79. The average molecular weight is 673 g/mol. The van der Waals surface area contributed by atoms with Crippen molar-refractivity contribution in [2.24, 2.45) is 0 Å². The number of halogens is 2. The van der Waals surface area contributed by atoms with E-state index in [-0.39, 0.29) is 28.4 Å². The molecule has 1 amide bonds. The van der Waals surface area contributed by atoms with Crippen LogP contribution in [0, 0.1) is 11.6 Å². The lowest BCUT2D eigenvalue weighted by Gasteiger charge is -2.23. The first-order valence-electron chi connectivity index (χ1n) is 15.9. The number of ether oxygens (including phenoxy) is 4. The van der Waals surface area contributed by atoms with Crippen molar-refractivity contribution in [1.82, 2.24) is 14.1 Å². The van der Waals surface area contributed by atoms with E-state index in [0.29, 0.717) is 48.0 Å². The maximum Gasteiger partial charge on any atom is 0.335 e. The van der Waals surface area contributed by atoms with Gasteiger partial charge in [0.05, 0.1) is 23.2 Å². The Labute approximate surface area is 279 Å². The monoisotopic (exact) mass is 672 g/mol. The molecule has 3 aromatic carbocycles. The number of rotatable bonds is 11. The van der Waals surface area contributed by atoms with E-state index in [4.69, 9.17) is 18.9 Å². The van der Waals surface area contributed by atoms with E-state index in [2.05, 4.69) is 17.2 Å². The first-order valence-corrected chi connectivity index (χ1v) is 15.9. The normalized spacial score (nSPS) is 12.3. The van der Waals surface area contributed by atoms with Crippen LogP contribution in [0.3, 0.4) is 0 Å². The summed E-state index contributed by atoms with van der Waals surface area (Å²) in [6.45, 7) is 6.66. The molecule has 254 valence electrons. The third kappa shape index (κ3) is 6.82. The molecule has 6 rings (SSSR count). The minimum Gasteiger partial charge on any atom is -0.489 e. The number of nitrogens with zero attached hydrogens (tertiary/aromatic N) is 3. The van der Waals surface area contributed by atoms with Crippen molar-refractivity contribution in [1.29, 1.82) is 0 Å². The molecule has 3 heterocycles. The Morgan fingerprint density at radius 2 is 1.71 bits per heavy atom. The number of aromatic nitrogens is 3. The summed E-state index contributed by atoms with van der Waals surface area (Å²) >= 11 is 0. The van der Waals surface area contributed by atoms with Crippen molar-refractivity contribution >= 4 is 22.5 Å². The van der Waals surface area contributed by atoms with Crippen LogP contribution < -0.4 is 35.5 Å². The fraction of sp³-hybridized carbons (Fsp3) is 0.278. The lowest BCUT2D eigenvalue weighted by molar-refractivity contribution is 0.102. The number of nitrogens with one attached hydrogen (secondary N) is 1. The highest BCUT2D eigenvalue weighted by molar-refractivity contribution is 6.04. The smallest absolute Gasteiger partial charge is 0.335 e. The molecule has 0 unspecified atom stereocenters. The molecule has 0 radical (unpaired) electrons. The third-order valence-corrected chi connectivity index (χ3v) is 7.86. The average Bonchev–Trinajstić information content (AvgIpc) is 3.08. The fourth-order valence-corrected chi connectivity index (χ4v) is 5.39. The SMILES string of the molecule is CCCCCOc1cc2nccc(Oc3ccc(NC(=O)c4cn(C(C)C)c(=O)n(-c5ccc(F)cc5)c4=O)cc3F)c2c2c1OCCO2. The topological polar surface area (TPSA) is 123 Å². The molecular weight excluding hydrogens is 638 g/mol. The van der Waals surface area contributed by atoms with Crippen LogP contribution in [0.5, 0.6) is 28.7 Å². The summed E-state index contributed by atoms with van der Waals surface area (Å²) in [5, 5.41) is 3.00. The molecule has 5 aromatic rings. The number of hydrogen-bond donors (Lipinski definition) is 1. The number of anilines is 1. The van der Waals surface area contributed by atoms with Crippen molar-refractivity contribution in [3.05, 3.63) is 105 Å². The largest absolute Gasteiger partial charge is 0.489 e. The predicted molar refractivity (Wildman–Crippen MR) is 179 cm³/mol. The van der Waals surface area contributed by atoms with E-state index < -0.39 is 34.8 Å². The number of amides is 1. The molecule has 0 saturated carbocycles. The first kappa shape index (κ1) is 33.2. The van der Waals surface area contributed by atoms with Gasteiger partial charge in [-0.1, -0.05) is 19.8 Å². The summed E-state index contributed by atoms with van der Waals surface area (Å²) in [5.41, 5.74) is -1.37. The van der Waals surface area contributed by atoms with Crippen LogP contribution in [0.25, 0.3) is 16.6 Å². The van der Waals surface area contributed by atoms with Crippen LogP contribution in [0.1, 0.15) is 56.4 Å². The second-order valence-electron chi connectivity index (χ2n) is 11.6. The van der Waals surface area contributed by atoms with E-state index >= 15 is 4.39 Å². The molecule has 2 aromatic heterocycles. The minimum atomic E-state index is -0.917. The van der Waals surface area contributed by atoms with Crippen LogP contribution in [0.4, 0.5) is 14.5 Å². The standard InChI is InChI=1S/C36H34F2N4O7/c1-4-5-6-15-46-30-19-27-31(33-32(30)47-16-17-48-33)29(13-14-39-27)49-28-12-9-23(18-26(28)38)40-34(43)25-20-41(21(2)3)36(45)42(35(25)44)24-10-7-22(37)8-11-24/h7-14,18-21H,4-6,15-17H2,1-3H3,(H,40,43). The first-order chi connectivity index (χ1) is 23.7. The van der Waals surface area contributed by atoms with Crippen molar-refractivity contribution in [3.63, 3.8) is 0 Å². The van der Waals surface area contributed by atoms with Gasteiger partial charge in [-0.25, -0.2) is 18.1 Å². The van der Waals surface area contributed by atoms with Gasteiger partial charge in [-0.05, 0) is 62.7 Å². The van der Waals surface area contributed by atoms with E-state index in [1.165, 1.54) is 35.0 Å². The Hall–Kier alpha value is -5.72. The summed E-state index contributed by atoms with van der Waals surface area (Å²) in [4.78, 5) is 44.3. The zero-order chi connectivity index (χ0) is 34.7. The fourth-order valence-electron chi connectivity index (χ4n) is 5.39. The molecule has 0 spiro atoms. The lowest BCUT2D eigenvalue weighted by atomic mass is 10.1. The summed E-state index contributed by atoms with van der Waals surface area (Å²) < 4.78 is 55.0. The number of pyridine rings is 1. The highest BCUT2D eigenvalue weighted by atomic mass is 19.1.